The van der Waals surface area contributed by atoms with Crippen molar-refractivity contribution in [1.29, 1.82) is 0 Å². The van der Waals surface area contributed by atoms with Crippen LogP contribution in [-0.4, -0.2) is 4.98 Å². The normalized spacial score (nSPS) is 13.1. The van der Waals surface area contributed by atoms with Crippen molar-refractivity contribution in [1.82, 2.24) is 4.98 Å². The van der Waals surface area contributed by atoms with E-state index >= 15 is 0 Å². The minimum absolute atomic E-state index is 0.726. The van der Waals surface area contributed by atoms with Gasteiger partial charge in [-0.15, -0.1) is 0 Å². The maximum atomic E-state index is 6.37. The van der Waals surface area contributed by atoms with Gasteiger partial charge in [0.05, 0.1) is 11.2 Å². The highest BCUT2D eigenvalue weighted by molar-refractivity contribution is 6.31. The van der Waals surface area contributed by atoms with Gasteiger partial charge in [-0.2, -0.15) is 0 Å². The largest absolute Gasteiger partial charge is 0.399 e. The number of allylic oxidation sites excluding steroid dienone is 5. The van der Waals surface area contributed by atoms with Crippen LogP contribution >= 0.6 is 11.6 Å². The van der Waals surface area contributed by atoms with Crippen molar-refractivity contribution >= 4 is 33.8 Å². The highest BCUT2D eigenvalue weighted by Gasteiger charge is 2.13. The highest BCUT2D eigenvalue weighted by Crippen LogP contribution is 2.34. The third-order valence-electron chi connectivity index (χ3n) is 5.25. The third kappa shape index (κ3) is 3.74. The van der Waals surface area contributed by atoms with Crippen LogP contribution in [0.25, 0.3) is 27.7 Å². The number of nitrogens with two attached hydrogens (primary N) is 1. The number of benzene rings is 2. The van der Waals surface area contributed by atoms with E-state index in [0.29, 0.717) is 0 Å². The Morgan fingerprint density at radius 3 is 2.68 bits per heavy atom. The zero-order valence-electron chi connectivity index (χ0n) is 16.0. The summed E-state index contributed by atoms with van der Waals surface area (Å²) in [6.07, 6.45) is 9.51. The number of fused-ring (bicyclic) bond motifs is 1. The maximum absolute atomic E-state index is 6.37. The van der Waals surface area contributed by atoms with Crippen molar-refractivity contribution in [2.45, 2.75) is 26.2 Å². The molecular formula is C25H23ClN2. The van der Waals surface area contributed by atoms with Crippen LogP contribution in [-0.2, 0) is 0 Å². The first-order chi connectivity index (χ1) is 13.5. The fraction of sp³-hybridized carbons (Fsp3) is 0.160. The number of nitrogens with zero attached hydrogens (tertiary/aromatic N) is 1. The minimum Gasteiger partial charge on any atom is -0.399 e. The van der Waals surface area contributed by atoms with E-state index in [0.717, 1.165) is 68.8 Å². The van der Waals surface area contributed by atoms with Crippen LogP contribution in [0.3, 0.4) is 0 Å². The quantitative estimate of drug-likeness (QED) is 0.474. The van der Waals surface area contributed by atoms with E-state index in [4.69, 9.17) is 22.3 Å². The van der Waals surface area contributed by atoms with Gasteiger partial charge in [0.1, 0.15) is 0 Å². The van der Waals surface area contributed by atoms with Crippen LogP contribution in [0.1, 0.15) is 30.4 Å². The summed E-state index contributed by atoms with van der Waals surface area (Å²) in [6.45, 7) is 6.46. The van der Waals surface area contributed by atoms with Gasteiger partial charge in [0.2, 0.25) is 0 Å². The number of hydrogen-bond acceptors (Lipinski definition) is 2. The lowest BCUT2D eigenvalue weighted by molar-refractivity contribution is 0.965. The van der Waals surface area contributed by atoms with Crippen LogP contribution in [0.2, 0.25) is 5.02 Å². The molecule has 1 aromatic heterocycles. The zero-order valence-corrected chi connectivity index (χ0v) is 16.8. The number of nitrogen functional groups attached to an aromatic ring is 1. The van der Waals surface area contributed by atoms with Crippen molar-refractivity contribution in [3.8, 4) is 11.3 Å². The molecule has 140 valence electrons. The number of anilines is 1. The second-order valence-corrected chi connectivity index (χ2v) is 7.79. The Kier molecular flexibility index (Phi) is 5.06. The number of rotatable bonds is 5. The Bertz CT molecular complexity index is 1120. The molecule has 0 bridgehead atoms. The summed E-state index contributed by atoms with van der Waals surface area (Å²) in [5.41, 5.74) is 14.3. The molecule has 2 aromatic carbocycles. The van der Waals surface area contributed by atoms with Crippen LogP contribution in [0.4, 0.5) is 5.69 Å². The van der Waals surface area contributed by atoms with E-state index in [2.05, 4.69) is 37.8 Å². The molecule has 0 amide bonds. The lowest BCUT2D eigenvalue weighted by atomic mass is 9.94. The Balaban J connectivity index is 1.79. The van der Waals surface area contributed by atoms with E-state index in [-0.39, 0.29) is 0 Å². The number of pyridine rings is 1. The van der Waals surface area contributed by atoms with Crippen LogP contribution in [0, 0.1) is 6.92 Å². The molecule has 28 heavy (non-hydrogen) atoms. The van der Waals surface area contributed by atoms with Crippen LogP contribution in [0.5, 0.6) is 0 Å². The summed E-state index contributed by atoms with van der Waals surface area (Å²) in [4.78, 5) is 4.93. The summed E-state index contributed by atoms with van der Waals surface area (Å²) < 4.78 is 0. The Morgan fingerprint density at radius 2 is 1.96 bits per heavy atom. The van der Waals surface area contributed by atoms with Gasteiger partial charge in [-0.3, -0.25) is 0 Å². The van der Waals surface area contributed by atoms with Gasteiger partial charge in [-0.1, -0.05) is 54.1 Å². The fourth-order valence-corrected chi connectivity index (χ4v) is 3.95. The molecule has 0 atom stereocenters. The number of aryl methyl sites for hydroxylation is 1. The molecule has 3 heteroatoms. The van der Waals surface area contributed by atoms with Crippen molar-refractivity contribution in [2.24, 2.45) is 0 Å². The molecule has 3 aromatic rings. The molecular weight excluding hydrogens is 364 g/mol. The van der Waals surface area contributed by atoms with E-state index < -0.39 is 0 Å². The van der Waals surface area contributed by atoms with Crippen LogP contribution < -0.4 is 5.73 Å². The molecule has 1 aliphatic rings. The summed E-state index contributed by atoms with van der Waals surface area (Å²) in [5, 5.41) is 1.79. The molecule has 0 radical (unpaired) electrons. The first-order valence-corrected chi connectivity index (χ1v) is 9.88. The lowest BCUT2D eigenvalue weighted by Crippen LogP contribution is -1.95. The van der Waals surface area contributed by atoms with Gasteiger partial charge in [0.25, 0.3) is 0 Å². The third-order valence-corrected chi connectivity index (χ3v) is 5.47. The van der Waals surface area contributed by atoms with Crippen molar-refractivity contribution in [3.05, 3.63) is 89.0 Å². The van der Waals surface area contributed by atoms with E-state index in [9.17, 15) is 0 Å². The average molecular weight is 387 g/mol. The predicted octanol–water partition coefficient (Wildman–Crippen LogP) is 7.13. The molecule has 2 N–H and O–H groups in total. The van der Waals surface area contributed by atoms with Crippen LogP contribution in [0.15, 0.2) is 72.8 Å². The molecule has 1 aliphatic carbocycles. The maximum Gasteiger partial charge on any atom is 0.0745 e. The van der Waals surface area contributed by atoms with Gasteiger partial charge in [-0.05, 0) is 73.2 Å². The summed E-state index contributed by atoms with van der Waals surface area (Å²) in [6, 6.07) is 13.9. The summed E-state index contributed by atoms with van der Waals surface area (Å²) in [7, 11) is 0. The number of aromatic nitrogens is 1. The van der Waals surface area contributed by atoms with E-state index in [1.165, 1.54) is 5.57 Å². The van der Waals surface area contributed by atoms with Gasteiger partial charge < -0.3 is 5.73 Å². The molecule has 0 spiro atoms. The molecule has 0 saturated carbocycles. The van der Waals surface area contributed by atoms with E-state index in [1.54, 1.807) is 0 Å². The molecule has 0 aliphatic heterocycles. The average Bonchev–Trinajstić information content (AvgIpc) is 3.20. The molecule has 2 nitrogen and oxygen atoms in total. The minimum atomic E-state index is 0.726. The number of hydrogen-bond donors (Lipinski definition) is 1. The summed E-state index contributed by atoms with van der Waals surface area (Å²) >= 11 is 6.37. The zero-order chi connectivity index (χ0) is 19.7. The van der Waals surface area contributed by atoms with Gasteiger partial charge >= 0.3 is 0 Å². The second kappa shape index (κ2) is 7.65. The Labute approximate surface area is 171 Å². The van der Waals surface area contributed by atoms with Gasteiger partial charge in [0, 0.05) is 21.7 Å². The van der Waals surface area contributed by atoms with Crippen molar-refractivity contribution < 1.29 is 0 Å². The number of halogens is 1. The predicted molar refractivity (Wildman–Crippen MR) is 121 cm³/mol. The smallest absolute Gasteiger partial charge is 0.0745 e. The lowest BCUT2D eigenvalue weighted by Gasteiger charge is -2.15. The first-order valence-electron chi connectivity index (χ1n) is 9.51. The van der Waals surface area contributed by atoms with E-state index in [1.807, 2.05) is 36.4 Å². The first kappa shape index (κ1) is 18.5. The molecule has 0 saturated heterocycles. The highest BCUT2D eigenvalue weighted by atomic mass is 35.5. The Morgan fingerprint density at radius 1 is 1.18 bits per heavy atom. The monoisotopic (exact) mass is 386 g/mol. The van der Waals surface area contributed by atoms with Crippen molar-refractivity contribution in [3.63, 3.8) is 0 Å². The summed E-state index contributed by atoms with van der Waals surface area (Å²) in [5.74, 6) is 0. The fourth-order valence-electron chi connectivity index (χ4n) is 3.67. The van der Waals surface area contributed by atoms with Gasteiger partial charge in [0.15, 0.2) is 0 Å². The van der Waals surface area contributed by atoms with Crippen molar-refractivity contribution in [2.75, 3.05) is 5.73 Å². The molecule has 0 unspecified atom stereocenters. The molecule has 4 rings (SSSR count). The molecule has 1 heterocycles. The Hall–Kier alpha value is -2.84. The second-order valence-electron chi connectivity index (χ2n) is 7.36. The SMILES string of the molecule is C=C(CCC1=CC=CC1)c1cc(-c2ccc(N)cc2)nc2c(C)cc(Cl)cc12. The standard InChI is InChI=1S/C25H23ClN2/c1-16(7-8-18-5-3-4-6-18)22-15-24(19-9-11-21(27)12-10-19)28-25-17(2)13-20(26)14-23(22)25/h3-5,9-15H,1,6-8,27H2,2H3. The molecule has 0 fully saturated rings. The topological polar surface area (TPSA) is 38.9 Å². The van der Waals surface area contributed by atoms with Gasteiger partial charge in [-0.25, -0.2) is 4.98 Å².